The summed E-state index contributed by atoms with van der Waals surface area (Å²) in [5, 5.41) is 3.41. The van der Waals surface area contributed by atoms with Gasteiger partial charge in [0, 0.05) is 52.2 Å². The Kier molecular flexibility index (Phi) is 6.51. The highest BCUT2D eigenvalue weighted by atomic mass is 32.2. The lowest BCUT2D eigenvalue weighted by atomic mass is 10.1. The Morgan fingerprint density at radius 2 is 1.82 bits per heavy atom. The summed E-state index contributed by atoms with van der Waals surface area (Å²) >= 11 is 0. The monoisotopic (exact) mass is 401 g/mol. The van der Waals surface area contributed by atoms with Crippen LogP contribution in [0.4, 0.5) is 5.82 Å². The van der Waals surface area contributed by atoms with E-state index in [0.29, 0.717) is 4.90 Å². The molecular weight excluding hydrogens is 374 g/mol. The highest BCUT2D eigenvalue weighted by Crippen LogP contribution is 2.13. The molecule has 0 atom stereocenters. The van der Waals surface area contributed by atoms with Crippen LogP contribution >= 0.6 is 0 Å². The second-order valence-electron chi connectivity index (χ2n) is 6.80. The zero-order valence-electron chi connectivity index (χ0n) is 16.4. The van der Waals surface area contributed by atoms with Crippen LogP contribution in [0.2, 0.25) is 0 Å². The third-order valence-corrected chi connectivity index (χ3v) is 5.94. The minimum atomic E-state index is -3.15. The lowest BCUT2D eigenvalue weighted by Crippen LogP contribution is -2.53. The molecular formula is C20H27N5O2S. The summed E-state index contributed by atoms with van der Waals surface area (Å²) < 4.78 is 23.1. The van der Waals surface area contributed by atoms with Crippen molar-refractivity contribution in [3.8, 4) is 0 Å². The summed E-state index contributed by atoms with van der Waals surface area (Å²) in [4.78, 5) is 13.7. The number of benzene rings is 1. The number of guanidine groups is 1. The van der Waals surface area contributed by atoms with Crippen molar-refractivity contribution in [3.63, 3.8) is 0 Å². The molecule has 0 aliphatic carbocycles. The van der Waals surface area contributed by atoms with E-state index in [9.17, 15) is 8.42 Å². The maximum absolute atomic E-state index is 11.5. The van der Waals surface area contributed by atoms with E-state index < -0.39 is 9.84 Å². The quantitative estimate of drug-likeness (QED) is 0.603. The molecule has 0 spiro atoms. The first-order chi connectivity index (χ1) is 13.5. The normalized spacial score (nSPS) is 15.6. The van der Waals surface area contributed by atoms with Crippen molar-refractivity contribution in [1.82, 2.24) is 15.2 Å². The third kappa shape index (κ3) is 5.22. The van der Waals surface area contributed by atoms with Crippen LogP contribution in [-0.2, 0) is 16.3 Å². The van der Waals surface area contributed by atoms with E-state index in [0.717, 1.165) is 56.5 Å². The molecule has 7 nitrogen and oxygen atoms in total. The summed E-state index contributed by atoms with van der Waals surface area (Å²) in [7, 11) is -1.35. The Hall–Kier alpha value is -2.61. The Morgan fingerprint density at radius 1 is 1.11 bits per heavy atom. The Bertz CT molecular complexity index is 890. The topological polar surface area (TPSA) is 77.9 Å². The molecule has 1 aliphatic rings. The van der Waals surface area contributed by atoms with Gasteiger partial charge in [-0.25, -0.2) is 13.4 Å². The SMILES string of the molecule is CN=C(NCCc1ccc(S(C)(=O)=O)cc1)N1CCN(c2ccccn2)CC1. The molecule has 3 rings (SSSR count). The van der Waals surface area contributed by atoms with Crippen LogP contribution in [-0.4, -0.2) is 70.3 Å². The predicted molar refractivity (Wildman–Crippen MR) is 113 cm³/mol. The van der Waals surface area contributed by atoms with Crippen LogP contribution < -0.4 is 10.2 Å². The number of rotatable bonds is 5. The Morgan fingerprint density at radius 3 is 2.39 bits per heavy atom. The summed E-state index contributed by atoms with van der Waals surface area (Å²) in [6, 6.07) is 13.0. The fourth-order valence-electron chi connectivity index (χ4n) is 3.24. The largest absolute Gasteiger partial charge is 0.356 e. The highest BCUT2D eigenvalue weighted by molar-refractivity contribution is 7.90. The van der Waals surface area contributed by atoms with Gasteiger partial charge in [-0.1, -0.05) is 18.2 Å². The van der Waals surface area contributed by atoms with Crippen LogP contribution in [0.1, 0.15) is 5.56 Å². The van der Waals surface area contributed by atoms with Gasteiger partial charge in [0.2, 0.25) is 0 Å². The van der Waals surface area contributed by atoms with Crippen molar-refractivity contribution < 1.29 is 8.42 Å². The molecule has 1 saturated heterocycles. The predicted octanol–water partition coefficient (Wildman–Crippen LogP) is 1.43. The molecule has 1 aromatic carbocycles. The average Bonchev–Trinajstić information content (AvgIpc) is 2.72. The smallest absolute Gasteiger partial charge is 0.193 e. The molecule has 2 heterocycles. The first-order valence-corrected chi connectivity index (χ1v) is 11.3. The second-order valence-corrected chi connectivity index (χ2v) is 8.82. The van der Waals surface area contributed by atoms with Crippen LogP contribution in [0.25, 0.3) is 0 Å². The van der Waals surface area contributed by atoms with E-state index in [1.165, 1.54) is 6.26 Å². The summed E-state index contributed by atoms with van der Waals surface area (Å²) in [6.07, 6.45) is 3.85. The van der Waals surface area contributed by atoms with Crippen molar-refractivity contribution in [2.45, 2.75) is 11.3 Å². The van der Waals surface area contributed by atoms with Crippen LogP contribution in [0, 0.1) is 0 Å². The van der Waals surface area contributed by atoms with Gasteiger partial charge < -0.3 is 15.1 Å². The lowest BCUT2D eigenvalue weighted by Gasteiger charge is -2.37. The van der Waals surface area contributed by atoms with E-state index in [1.807, 2.05) is 36.5 Å². The number of aromatic nitrogens is 1. The van der Waals surface area contributed by atoms with Crippen molar-refractivity contribution in [2.75, 3.05) is 50.9 Å². The van der Waals surface area contributed by atoms with Gasteiger partial charge in [0.15, 0.2) is 15.8 Å². The highest BCUT2D eigenvalue weighted by Gasteiger charge is 2.20. The van der Waals surface area contributed by atoms with Gasteiger partial charge in [0.25, 0.3) is 0 Å². The van der Waals surface area contributed by atoms with E-state index in [4.69, 9.17) is 0 Å². The molecule has 1 aliphatic heterocycles. The molecule has 150 valence electrons. The Labute approximate surface area is 167 Å². The standard InChI is InChI=1S/C20H27N5O2S/c1-21-20(23-12-10-17-6-8-18(9-7-17)28(2,26)27)25-15-13-24(14-16-25)19-5-3-4-11-22-19/h3-9,11H,10,12-16H2,1-2H3,(H,21,23). The molecule has 0 bridgehead atoms. The van der Waals surface area contributed by atoms with Gasteiger partial charge in [-0.05, 0) is 36.2 Å². The van der Waals surface area contributed by atoms with Crippen LogP contribution in [0.3, 0.4) is 0 Å². The number of nitrogens with one attached hydrogen (secondary N) is 1. The summed E-state index contributed by atoms with van der Waals surface area (Å²) in [5.41, 5.74) is 1.09. The van der Waals surface area contributed by atoms with Crippen molar-refractivity contribution in [2.24, 2.45) is 4.99 Å². The molecule has 0 radical (unpaired) electrons. The number of sulfone groups is 1. The second kappa shape index (κ2) is 9.05. The minimum absolute atomic E-state index is 0.353. The number of anilines is 1. The van der Waals surface area contributed by atoms with E-state index >= 15 is 0 Å². The summed E-state index contributed by atoms with van der Waals surface area (Å²) in [5.74, 6) is 1.91. The molecule has 1 fully saturated rings. The average molecular weight is 402 g/mol. The van der Waals surface area contributed by atoms with Gasteiger partial charge in [0.05, 0.1) is 4.90 Å². The molecule has 1 N–H and O–H groups in total. The number of pyridine rings is 1. The number of aliphatic imine (C=N–C) groups is 1. The fraction of sp³-hybridized carbons (Fsp3) is 0.400. The third-order valence-electron chi connectivity index (χ3n) is 4.81. The summed E-state index contributed by atoms with van der Waals surface area (Å²) in [6.45, 7) is 4.33. The first kappa shape index (κ1) is 20.1. The van der Waals surface area contributed by atoms with E-state index in [2.05, 4.69) is 25.1 Å². The number of hydrogen-bond donors (Lipinski definition) is 1. The Balaban J connectivity index is 1.48. The van der Waals surface area contributed by atoms with Gasteiger partial charge in [-0.2, -0.15) is 0 Å². The number of hydrogen-bond acceptors (Lipinski definition) is 5. The van der Waals surface area contributed by atoms with Crippen molar-refractivity contribution in [3.05, 3.63) is 54.2 Å². The lowest BCUT2D eigenvalue weighted by molar-refractivity contribution is 0.372. The molecule has 0 saturated carbocycles. The molecule has 8 heteroatoms. The fourth-order valence-corrected chi connectivity index (χ4v) is 3.87. The van der Waals surface area contributed by atoms with Crippen molar-refractivity contribution >= 4 is 21.6 Å². The molecule has 2 aromatic rings. The first-order valence-electron chi connectivity index (χ1n) is 9.38. The zero-order valence-corrected chi connectivity index (χ0v) is 17.2. The van der Waals surface area contributed by atoms with E-state index in [1.54, 1.807) is 19.2 Å². The van der Waals surface area contributed by atoms with Gasteiger partial charge in [-0.3, -0.25) is 4.99 Å². The van der Waals surface area contributed by atoms with Crippen LogP contribution in [0.5, 0.6) is 0 Å². The molecule has 28 heavy (non-hydrogen) atoms. The van der Waals surface area contributed by atoms with Gasteiger partial charge in [-0.15, -0.1) is 0 Å². The molecule has 0 unspecified atom stereocenters. The van der Waals surface area contributed by atoms with Crippen LogP contribution in [0.15, 0.2) is 58.5 Å². The molecule has 1 aromatic heterocycles. The maximum atomic E-state index is 11.5. The zero-order chi connectivity index (χ0) is 20.0. The molecule has 0 amide bonds. The number of piperazine rings is 1. The van der Waals surface area contributed by atoms with E-state index in [-0.39, 0.29) is 0 Å². The van der Waals surface area contributed by atoms with Gasteiger partial charge in [0.1, 0.15) is 5.82 Å². The van der Waals surface area contributed by atoms with Crippen molar-refractivity contribution in [1.29, 1.82) is 0 Å². The minimum Gasteiger partial charge on any atom is -0.356 e. The number of nitrogens with zero attached hydrogens (tertiary/aromatic N) is 4. The maximum Gasteiger partial charge on any atom is 0.193 e. The van der Waals surface area contributed by atoms with Gasteiger partial charge >= 0.3 is 0 Å².